The number of amides is 1. The topological polar surface area (TPSA) is 70.9 Å². The van der Waals surface area contributed by atoms with Crippen LogP contribution >= 0.6 is 0 Å². The summed E-state index contributed by atoms with van der Waals surface area (Å²) >= 11 is 0. The number of benzene rings is 2. The molecule has 0 aliphatic rings. The first-order valence-corrected chi connectivity index (χ1v) is 8.04. The maximum atomic E-state index is 12.3. The van der Waals surface area contributed by atoms with E-state index in [0.29, 0.717) is 11.3 Å². The Morgan fingerprint density at radius 3 is 2.52 bits per heavy atom. The summed E-state index contributed by atoms with van der Waals surface area (Å²) in [5.74, 6) is 1.97. The summed E-state index contributed by atoms with van der Waals surface area (Å²) in [5.41, 5.74) is 4.17. The average molecular weight is 331 g/mol. The number of aromatic amines is 1. The first-order chi connectivity index (χ1) is 12.1. The van der Waals surface area contributed by atoms with Crippen molar-refractivity contribution in [3.8, 4) is 11.4 Å². The van der Waals surface area contributed by atoms with Crippen LogP contribution < -0.4 is 5.32 Å². The van der Waals surface area contributed by atoms with Gasteiger partial charge in [0.2, 0.25) is 0 Å². The Hall–Kier alpha value is -3.34. The number of para-hydroxylation sites is 2. The molecule has 0 aliphatic heterocycles. The first kappa shape index (κ1) is 15.2. The van der Waals surface area contributed by atoms with Crippen LogP contribution in [-0.2, 0) is 0 Å². The Labute approximate surface area is 144 Å². The van der Waals surface area contributed by atoms with Crippen LogP contribution in [0.1, 0.15) is 21.9 Å². The van der Waals surface area contributed by atoms with Crippen LogP contribution in [-0.4, -0.2) is 15.9 Å². The quantitative estimate of drug-likeness (QED) is 0.572. The highest BCUT2D eigenvalue weighted by Gasteiger charge is 2.13. The molecule has 2 aromatic carbocycles. The predicted molar refractivity (Wildman–Crippen MR) is 97.7 cm³/mol. The van der Waals surface area contributed by atoms with Crippen molar-refractivity contribution in [3.63, 3.8) is 0 Å². The van der Waals surface area contributed by atoms with Crippen LogP contribution in [0, 0.1) is 13.8 Å². The molecule has 2 aromatic heterocycles. The Morgan fingerprint density at radius 2 is 1.84 bits per heavy atom. The zero-order valence-corrected chi connectivity index (χ0v) is 14.0. The summed E-state index contributed by atoms with van der Waals surface area (Å²) in [5, 5.41) is 2.89. The number of H-pyrrole nitrogens is 1. The first-order valence-electron chi connectivity index (χ1n) is 8.04. The van der Waals surface area contributed by atoms with Gasteiger partial charge in [0, 0.05) is 11.3 Å². The number of hydrogen-bond acceptors (Lipinski definition) is 3. The van der Waals surface area contributed by atoms with Crippen LogP contribution in [0.4, 0.5) is 5.69 Å². The fraction of sp³-hybridized carbons (Fsp3) is 0.100. The van der Waals surface area contributed by atoms with Crippen molar-refractivity contribution in [2.75, 3.05) is 5.32 Å². The lowest BCUT2D eigenvalue weighted by atomic mass is 10.2. The molecule has 0 fully saturated rings. The van der Waals surface area contributed by atoms with Crippen LogP contribution in [0.25, 0.3) is 22.4 Å². The third-order valence-corrected chi connectivity index (χ3v) is 4.09. The van der Waals surface area contributed by atoms with E-state index in [2.05, 4.69) is 15.3 Å². The summed E-state index contributed by atoms with van der Waals surface area (Å²) < 4.78 is 5.41. The van der Waals surface area contributed by atoms with Gasteiger partial charge in [-0.15, -0.1) is 0 Å². The van der Waals surface area contributed by atoms with Gasteiger partial charge in [-0.2, -0.15) is 0 Å². The molecule has 0 bridgehead atoms. The number of nitrogens with zero attached hydrogens (tertiary/aromatic N) is 1. The molecule has 4 aromatic rings. The molecule has 5 heteroatoms. The molecule has 0 spiro atoms. The van der Waals surface area contributed by atoms with Crippen LogP contribution in [0.3, 0.4) is 0 Å². The third-order valence-electron chi connectivity index (χ3n) is 4.09. The van der Waals surface area contributed by atoms with Gasteiger partial charge < -0.3 is 14.7 Å². The second kappa shape index (κ2) is 5.94. The van der Waals surface area contributed by atoms with E-state index in [1.807, 2.05) is 55.5 Å². The van der Waals surface area contributed by atoms with Crippen LogP contribution in [0.5, 0.6) is 0 Å². The fourth-order valence-corrected chi connectivity index (χ4v) is 2.86. The Balaban J connectivity index is 1.55. The van der Waals surface area contributed by atoms with Crippen molar-refractivity contribution in [1.29, 1.82) is 0 Å². The zero-order valence-electron chi connectivity index (χ0n) is 14.0. The van der Waals surface area contributed by atoms with Gasteiger partial charge >= 0.3 is 0 Å². The Kier molecular flexibility index (Phi) is 3.61. The Morgan fingerprint density at radius 1 is 1.08 bits per heavy atom. The highest BCUT2D eigenvalue weighted by molar-refractivity contribution is 6.05. The van der Waals surface area contributed by atoms with E-state index in [1.54, 1.807) is 13.0 Å². The smallest absolute Gasteiger partial charge is 0.259 e. The highest BCUT2D eigenvalue weighted by Crippen LogP contribution is 2.23. The number of rotatable bonds is 3. The number of aromatic nitrogens is 2. The van der Waals surface area contributed by atoms with Crippen molar-refractivity contribution < 1.29 is 9.21 Å². The molecule has 0 unspecified atom stereocenters. The van der Waals surface area contributed by atoms with Gasteiger partial charge in [0.25, 0.3) is 5.91 Å². The summed E-state index contributed by atoms with van der Waals surface area (Å²) in [6.45, 7) is 3.61. The SMILES string of the molecule is Cc1cc(C(=O)Nc2ccc(-c3nc4ccccc4[nH]3)cc2)c(C)o1. The second-order valence-corrected chi connectivity index (χ2v) is 5.96. The minimum Gasteiger partial charge on any atom is -0.466 e. The molecule has 4 rings (SSSR count). The van der Waals surface area contributed by atoms with Gasteiger partial charge in [-0.1, -0.05) is 12.1 Å². The number of nitrogens with one attached hydrogen (secondary N) is 2. The monoisotopic (exact) mass is 331 g/mol. The molecule has 0 radical (unpaired) electrons. The zero-order chi connectivity index (χ0) is 17.4. The van der Waals surface area contributed by atoms with E-state index in [1.165, 1.54) is 0 Å². The number of imidazole rings is 1. The molecule has 1 amide bonds. The molecule has 25 heavy (non-hydrogen) atoms. The van der Waals surface area contributed by atoms with Crippen LogP contribution in [0.2, 0.25) is 0 Å². The molecule has 0 saturated heterocycles. The standard InChI is InChI=1S/C20H17N3O2/c1-12-11-16(13(2)25-12)20(24)21-15-9-7-14(8-10-15)19-22-17-5-3-4-6-18(17)23-19/h3-11H,1-2H3,(H,21,24)(H,22,23). The van der Waals surface area contributed by atoms with Crippen molar-refractivity contribution in [2.24, 2.45) is 0 Å². The second-order valence-electron chi connectivity index (χ2n) is 5.96. The number of anilines is 1. The van der Waals surface area contributed by atoms with Crippen molar-refractivity contribution in [2.45, 2.75) is 13.8 Å². The lowest BCUT2D eigenvalue weighted by Gasteiger charge is -2.05. The molecule has 5 nitrogen and oxygen atoms in total. The molecule has 0 saturated carbocycles. The summed E-state index contributed by atoms with van der Waals surface area (Å²) in [6.07, 6.45) is 0. The summed E-state index contributed by atoms with van der Waals surface area (Å²) in [4.78, 5) is 20.2. The number of aryl methyl sites for hydroxylation is 2. The van der Waals surface area contributed by atoms with E-state index < -0.39 is 0 Å². The van der Waals surface area contributed by atoms with E-state index in [4.69, 9.17) is 4.42 Å². The molecule has 124 valence electrons. The van der Waals surface area contributed by atoms with Crippen molar-refractivity contribution in [3.05, 3.63) is 71.7 Å². The van der Waals surface area contributed by atoms with Gasteiger partial charge in [0.05, 0.1) is 16.6 Å². The minimum absolute atomic E-state index is 0.175. The number of fused-ring (bicyclic) bond motifs is 1. The van der Waals surface area contributed by atoms with Gasteiger partial charge in [-0.3, -0.25) is 4.79 Å². The van der Waals surface area contributed by atoms with Crippen molar-refractivity contribution in [1.82, 2.24) is 9.97 Å². The number of hydrogen-bond donors (Lipinski definition) is 2. The van der Waals surface area contributed by atoms with E-state index in [-0.39, 0.29) is 5.91 Å². The predicted octanol–water partition coefficient (Wildman–Crippen LogP) is 4.69. The lowest BCUT2D eigenvalue weighted by Crippen LogP contribution is -2.11. The normalized spacial score (nSPS) is 11.0. The number of carbonyl (C=O) groups excluding carboxylic acids is 1. The molecule has 0 aliphatic carbocycles. The molecular weight excluding hydrogens is 314 g/mol. The maximum absolute atomic E-state index is 12.3. The average Bonchev–Trinajstić information content (AvgIpc) is 3.18. The van der Waals surface area contributed by atoms with E-state index >= 15 is 0 Å². The van der Waals surface area contributed by atoms with Gasteiger partial charge in [0.1, 0.15) is 17.3 Å². The number of carbonyl (C=O) groups is 1. The molecule has 2 N–H and O–H groups in total. The van der Waals surface area contributed by atoms with Crippen molar-refractivity contribution >= 4 is 22.6 Å². The summed E-state index contributed by atoms with van der Waals surface area (Å²) in [7, 11) is 0. The highest BCUT2D eigenvalue weighted by atomic mass is 16.3. The van der Waals surface area contributed by atoms with Gasteiger partial charge in [-0.25, -0.2) is 4.98 Å². The fourth-order valence-electron chi connectivity index (χ4n) is 2.86. The Bertz CT molecular complexity index is 1030. The van der Waals surface area contributed by atoms with Crippen LogP contribution in [0.15, 0.2) is 59.0 Å². The summed E-state index contributed by atoms with van der Waals surface area (Å²) in [6, 6.07) is 17.2. The number of furan rings is 1. The van der Waals surface area contributed by atoms with Gasteiger partial charge in [0.15, 0.2) is 0 Å². The van der Waals surface area contributed by atoms with E-state index in [0.717, 1.165) is 33.9 Å². The minimum atomic E-state index is -0.175. The largest absolute Gasteiger partial charge is 0.466 e. The van der Waals surface area contributed by atoms with Gasteiger partial charge in [-0.05, 0) is 56.3 Å². The molecular formula is C20H17N3O2. The lowest BCUT2D eigenvalue weighted by molar-refractivity contribution is 0.102. The third kappa shape index (κ3) is 2.92. The molecule has 2 heterocycles. The molecule has 0 atom stereocenters. The maximum Gasteiger partial charge on any atom is 0.259 e. The van der Waals surface area contributed by atoms with E-state index in [9.17, 15) is 4.79 Å².